The average Bonchev–Trinajstić information content (AvgIpc) is 3.01. The van der Waals surface area contributed by atoms with Gasteiger partial charge in [-0.2, -0.15) is 0 Å². The molecule has 0 spiro atoms. The fourth-order valence-electron chi connectivity index (χ4n) is 1.54. The van der Waals surface area contributed by atoms with Crippen molar-refractivity contribution in [1.29, 1.82) is 0 Å². The zero-order chi connectivity index (χ0) is 10.8. The van der Waals surface area contributed by atoms with Gasteiger partial charge in [-0.15, -0.1) is 0 Å². The summed E-state index contributed by atoms with van der Waals surface area (Å²) >= 11 is 0. The molecule has 0 heterocycles. The summed E-state index contributed by atoms with van der Waals surface area (Å²) in [6, 6.07) is 4.36. The number of carbonyl (C=O) groups excluding carboxylic acids is 1. The van der Waals surface area contributed by atoms with E-state index in [1.165, 1.54) is 19.2 Å². The van der Waals surface area contributed by atoms with Gasteiger partial charge in [0.05, 0.1) is 12.7 Å². The third-order valence-corrected chi connectivity index (χ3v) is 2.65. The lowest BCUT2D eigenvalue weighted by Gasteiger charge is -2.04. The topological polar surface area (TPSA) is 26.3 Å². The van der Waals surface area contributed by atoms with Crippen molar-refractivity contribution in [2.24, 2.45) is 5.92 Å². The second kappa shape index (κ2) is 4.01. The van der Waals surface area contributed by atoms with Crippen LogP contribution in [0.5, 0.6) is 5.75 Å². The average molecular weight is 208 g/mol. The van der Waals surface area contributed by atoms with Crippen molar-refractivity contribution in [3.8, 4) is 5.75 Å². The van der Waals surface area contributed by atoms with Gasteiger partial charge >= 0.3 is 0 Å². The van der Waals surface area contributed by atoms with Crippen LogP contribution in [0.4, 0.5) is 4.39 Å². The molecule has 1 aromatic carbocycles. The maximum atomic E-state index is 13.5. The molecule has 0 unspecified atom stereocenters. The fraction of sp³-hybridized carbons (Fsp3) is 0.417. The Kier molecular flexibility index (Phi) is 2.71. The third-order valence-electron chi connectivity index (χ3n) is 2.65. The molecule has 2 nitrogen and oxygen atoms in total. The van der Waals surface area contributed by atoms with Gasteiger partial charge in [0, 0.05) is 12.5 Å². The van der Waals surface area contributed by atoms with Gasteiger partial charge in [-0.05, 0) is 30.9 Å². The SMILES string of the molecule is COc1ccc(C(=O)CC2CC2)c(F)c1. The molecule has 1 saturated carbocycles. The highest BCUT2D eigenvalue weighted by molar-refractivity contribution is 5.96. The molecule has 15 heavy (non-hydrogen) atoms. The minimum Gasteiger partial charge on any atom is -0.497 e. The van der Waals surface area contributed by atoms with Crippen LogP contribution in [0.3, 0.4) is 0 Å². The van der Waals surface area contributed by atoms with Gasteiger partial charge in [0.2, 0.25) is 0 Å². The first-order valence-corrected chi connectivity index (χ1v) is 5.07. The normalized spacial score (nSPS) is 15.1. The lowest BCUT2D eigenvalue weighted by atomic mass is 10.1. The maximum Gasteiger partial charge on any atom is 0.166 e. The first-order chi connectivity index (χ1) is 7.20. The molecule has 0 aromatic heterocycles. The zero-order valence-electron chi connectivity index (χ0n) is 8.63. The summed E-state index contributed by atoms with van der Waals surface area (Å²) in [5.74, 6) is 0.340. The molecule has 3 heteroatoms. The largest absolute Gasteiger partial charge is 0.497 e. The van der Waals surface area contributed by atoms with Crippen LogP contribution in [0.15, 0.2) is 18.2 Å². The number of ether oxygens (including phenoxy) is 1. The molecule has 80 valence electrons. The molecule has 0 atom stereocenters. The lowest BCUT2D eigenvalue weighted by Crippen LogP contribution is -2.03. The zero-order valence-corrected chi connectivity index (χ0v) is 8.63. The van der Waals surface area contributed by atoms with E-state index < -0.39 is 5.82 Å². The maximum absolute atomic E-state index is 13.5. The van der Waals surface area contributed by atoms with Crippen LogP contribution in [-0.4, -0.2) is 12.9 Å². The van der Waals surface area contributed by atoms with Gasteiger partial charge in [0.25, 0.3) is 0 Å². The van der Waals surface area contributed by atoms with Crippen molar-refractivity contribution in [2.45, 2.75) is 19.3 Å². The highest BCUT2D eigenvalue weighted by Crippen LogP contribution is 2.34. The molecular formula is C12H13FO2. The summed E-state index contributed by atoms with van der Waals surface area (Å²) in [7, 11) is 1.47. The van der Waals surface area contributed by atoms with Crippen LogP contribution in [-0.2, 0) is 0 Å². The van der Waals surface area contributed by atoms with Crippen molar-refractivity contribution in [1.82, 2.24) is 0 Å². The number of methoxy groups -OCH3 is 1. The Morgan fingerprint density at radius 1 is 1.53 bits per heavy atom. The van der Waals surface area contributed by atoms with Gasteiger partial charge in [0.15, 0.2) is 5.78 Å². The first-order valence-electron chi connectivity index (χ1n) is 5.07. The first kappa shape index (κ1) is 10.1. The highest BCUT2D eigenvalue weighted by Gasteiger charge is 2.26. The van der Waals surface area contributed by atoms with E-state index in [0.717, 1.165) is 12.8 Å². The molecular weight excluding hydrogens is 195 g/mol. The predicted octanol–water partition coefficient (Wildman–Crippen LogP) is 2.82. The molecule has 1 aromatic rings. The van der Waals surface area contributed by atoms with E-state index in [1.807, 2.05) is 0 Å². The Labute approximate surface area is 88.1 Å². The van der Waals surface area contributed by atoms with Crippen LogP contribution < -0.4 is 4.74 Å². The quantitative estimate of drug-likeness (QED) is 0.711. The number of carbonyl (C=O) groups is 1. The Balaban J connectivity index is 2.15. The van der Waals surface area contributed by atoms with Crippen LogP contribution in [0.25, 0.3) is 0 Å². The molecule has 0 amide bonds. The molecule has 0 saturated heterocycles. The monoisotopic (exact) mass is 208 g/mol. The Morgan fingerprint density at radius 2 is 2.27 bits per heavy atom. The van der Waals surface area contributed by atoms with Crippen LogP contribution in [0.1, 0.15) is 29.6 Å². The smallest absolute Gasteiger partial charge is 0.166 e. The van der Waals surface area contributed by atoms with Gasteiger partial charge in [-0.25, -0.2) is 4.39 Å². The fourth-order valence-corrected chi connectivity index (χ4v) is 1.54. The third kappa shape index (κ3) is 2.35. The van der Waals surface area contributed by atoms with E-state index in [9.17, 15) is 9.18 Å². The van der Waals surface area contributed by atoms with Crippen molar-refractivity contribution in [2.75, 3.05) is 7.11 Å². The minimum atomic E-state index is -0.486. The number of benzene rings is 1. The van der Waals surface area contributed by atoms with E-state index in [1.54, 1.807) is 6.07 Å². The van der Waals surface area contributed by atoms with E-state index in [-0.39, 0.29) is 11.3 Å². The van der Waals surface area contributed by atoms with Crippen molar-refractivity contribution in [3.05, 3.63) is 29.6 Å². The lowest BCUT2D eigenvalue weighted by molar-refractivity contribution is 0.0972. The Bertz CT molecular complexity index is 383. The molecule has 1 aliphatic carbocycles. The van der Waals surface area contributed by atoms with Gasteiger partial charge in [-0.3, -0.25) is 4.79 Å². The van der Waals surface area contributed by atoms with Gasteiger partial charge < -0.3 is 4.74 Å². The van der Waals surface area contributed by atoms with Crippen molar-refractivity contribution in [3.63, 3.8) is 0 Å². The summed E-state index contributed by atoms with van der Waals surface area (Å²) in [5, 5.41) is 0. The van der Waals surface area contributed by atoms with Crippen LogP contribution >= 0.6 is 0 Å². The number of hydrogen-bond donors (Lipinski definition) is 0. The van der Waals surface area contributed by atoms with Gasteiger partial charge in [-0.1, -0.05) is 0 Å². The number of rotatable bonds is 4. The molecule has 1 aliphatic rings. The van der Waals surface area contributed by atoms with Crippen molar-refractivity contribution < 1.29 is 13.9 Å². The second-order valence-electron chi connectivity index (χ2n) is 3.92. The predicted molar refractivity (Wildman–Crippen MR) is 54.6 cm³/mol. The van der Waals surface area contributed by atoms with Crippen molar-refractivity contribution >= 4 is 5.78 Å². The van der Waals surface area contributed by atoms with E-state index in [2.05, 4.69) is 0 Å². The van der Waals surface area contributed by atoms with E-state index >= 15 is 0 Å². The summed E-state index contributed by atoms with van der Waals surface area (Å²) in [5.41, 5.74) is 0.183. The standard InChI is InChI=1S/C12H13FO2/c1-15-9-4-5-10(11(13)7-9)12(14)6-8-2-3-8/h4-5,7-8H,2-3,6H2,1H3. The summed E-state index contributed by atoms with van der Waals surface area (Å²) in [6.45, 7) is 0. The van der Waals surface area contributed by atoms with Crippen LogP contribution in [0, 0.1) is 11.7 Å². The number of hydrogen-bond acceptors (Lipinski definition) is 2. The van der Waals surface area contributed by atoms with E-state index in [4.69, 9.17) is 4.74 Å². The second-order valence-corrected chi connectivity index (χ2v) is 3.92. The molecule has 0 radical (unpaired) electrons. The minimum absolute atomic E-state index is 0.0994. The molecule has 0 bridgehead atoms. The number of halogens is 1. The molecule has 0 N–H and O–H groups in total. The molecule has 2 rings (SSSR count). The highest BCUT2D eigenvalue weighted by atomic mass is 19.1. The summed E-state index contributed by atoms with van der Waals surface area (Å²) in [4.78, 5) is 11.6. The summed E-state index contributed by atoms with van der Waals surface area (Å²) in [6.07, 6.45) is 2.68. The number of ketones is 1. The van der Waals surface area contributed by atoms with Crippen LogP contribution in [0.2, 0.25) is 0 Å². The molecule has 0 aliphatic heterocycles. The number of Topliss-reactive ketones (excluding diaryl/α,β-unsaturated/α-hetero) is 1. The summed E-state index contributed by atoms with van der Waals surface area (Å²) < 4.78 is 18.3. The Morgan fingerprint density at radius 3 is 2.80 bits per heavy atom. The Hall–Kier alpha value is -1.38. The van der Waals surface area contributed by atoms with E-state index in [0.29, 0.717) is 18.1 Å². The molecule has 1 fully saturated rings. The van der Waals surface area contributed by atoms with Gasteiger partial charge in [0.1, 0.15) is 11.6 Å².